The monoisotopic (exact) mass is 250 g/mol. The number of nitrogens with zero attached hydrogens (tertiary/aromatic N) is 3. The van der Waals surface area contributed by atoms with Crippen LogP contribution in [0.15, 0.2) is 12.4 Å². The summed E-state index contributed by atoms with van der Waals surface area (Å²) in [5, 5.41) is 3.29. The number of rotatable bonds is 5. The molecule has 1 aliphatic rings. The number of methoxy groups -OCH3 is 1. The first-order chi connectivity index (χ1) is 8.83. The highest BCUT2D eigenvalue weighted by atomic mass is 16.5. The molecule has 0 saturated carbocycles. The van der Waals surface area contributed by atoms with Crippen molar-refractivity contribution in [1.29, 1.82) is 0 Å². The first kappa shape index (κ1) is 13.1. The second-order valence-electron chi connectivity index (χ2n) is 4.63. The van der Waals surface area contributed by atoms with Crippen LogP contribution in [0.3, 0.4) is 0 Å². The Labute approximate surface area is 109 Å². The van der Waals surface area contributed by atoms with Crippen LogP contribution in [0.1, 0.15) is 26.2 Å². The molecule has 1 aromatic heterocycles. The zero-order valence-electron chi connectivity index (χ0n) is 11.2. The maximum absolute atomic E-state index is 5.44. The van der Waals surface area contributed by atoms with Crippen molar-refractivity contribution in [3.05, 3.63) is 12.4 Å². The van der Waals surface area contributed by atoms with E-state index in [4.69, 9.17) is 4.74 Å². The van der Waals surface area contributed by atoms with E-state index in [1.807, 2.05) is 6.07 Å². The van der Waals surface area contributed by atoms with Crippen molar-refractivity contribution in [2.45, 2.75) is 32.3 Å². The Hall–Kier alpha value is -1.36. The third-order valence-corrected chi connectivity index (χ3v) is 3.24. The third-order valence-electron chi connectivity index (χ3n) is 3.24. The molecule has 2 rings (SSSR count). The average Bonchev–Trinajstić information content (AvgIpc) is 2.45. The van der Waals surface area contributed by atoms with E-state index in [1.54, 1.807) is 13.4 Å². The molecule has 1 fully saturated rings. The number of anilines is 2. The molecule has 0 amide bonds. The summed E-state index contributed by atoms with van der Waals surface area (Å²) in [6.45, 7) is 5.05. The van der Waals surface area contributed by atoms with Crippen LogP contribution in [0, 0.1) is 0 Å². The lowest BCUT2D eigenvalue weighted by molar-refractivity contribution is 0.0891. The number of hydrogen-bond donors (Lipinski definition) is 1. The Morgan fingerprint density at radius 3 is 3.17 bits per heavy atom. The summed E-state index contributed by atoms with van der Waals surface area (Å²) in [5.74, 6) is 1.90. The molecule has 0 aromatic carbocycles. The lowest BCUT2D eigenvalue weighted by Crippen LogP contribution is -2.39. The van der Waals surface area contributed by atoms with E-state index in [2.05, 4.69) is 27.1 Å². The topological polar surface area (TPSA) is 50.3 Å². The van der Waals surface area contributed by atoms with Gasteiger partial charge in [-0.15, -0.1) is 0 Å². The molecule has 1 atom stereocenters. The van der Waals surface area contributed by atoms with Crippen LogP contribution in [-0.4, -0.2) is 42.8 Å². The van der Waals surface area contributed by atoms with E-state index in [0.717, 1.165) is 50.5 Å². The van der Waals surface area contributed by atoms with E-state index < -0.39 is 0 Å². The Morgan fingerprint density at radius 2 is 2.39 bits per heavy atom. The molecular weight excluding hydrogens is 228 g/mol. The van der Waals surface area contributed by atoms with Crippen molar-refractivity contribution in [3.63, 3.8) is 0 Å². The van der Waals surface area contributed by atoms with E-state index in [9.17, 15) is 0 Å². The lowest BCUT2D eigenvalue weighted by Gasteiger charge is -2.32. The summed E-state index contributed by atoms with van der Waals surface area (Å²) >= 11 is 0. The Bertz CT molecular complexity index is 372. The van der Waals surface area contributed by atoms with Gasteiger partial charge in [0.25, 0.3) is 0 Å². The predicted molar refractivity (Wildman–Crippen MR) is 73.1 cm³/mol. The maximum atomic E-state index is 5.44. The van der Waals surface area contributed by atoms with Gasteiger partial charge in [-0.05, 0) is 19.3 Å². The number of aromatic nitrogens is 2. The van der Waals surface area contributed by atoms with Crippen LogP contribution in [-0.2, 0) is 4.74 Å². The van der Waals surface area contributed by atoms with Crippen molar-refractivity contribution in [3.8, 4) is 0 Å². The summed E-state index contributed by atoms with van der Waals surface area (Å²) in [6, 6.07) is 2.02. The molecule has 1 N–H and O–H groups in total. The van der Waals surface area contributed by atoms with Crippen molar-refractivity contribution in [1.82, 2.24) is 9.97 Å². The summed E-state index contributed by atoms with van der Waals surface area (Å²) in [4.78, 5) is 10.9. The minimum absolute atomic E-state index is 0.320. The zero-order valence-corrected chi connectivity index (χ0v) is 11.2. The number of piperidine rings is 1. The summed E-state index contributed by atoms with van der Waals surface area (Å²) < 4.78 is 5.44. The van der Waals surface area contributed by atoms with Gasteiger partial charge < -0.3 is 15.0 Å². The Morgan fingerprint density at radius 1 is 1.50 bits per heavy atom. The third kappa shape index (κ3) is 3.32. The second kappa shape index (κ2) is 6.54. The van der Waals surface area contributed by atoms with Gasteiger partial charge in [0.05, 0.1) is 6.10 Å². The molecule has 0 aliphatic carbocycles. The highest BCUT2D eigenvalue weighted by Gasteiger charge is 2.20. The zero-order chi connectivity index (χ0) is 12.8. The maximum Gasteiger partial charge on any atom is 0.134 e. The number of ether oxygens (including phenoxy) is 1. The molecule has 5 heteroatoms. The van der Waals surface area contributed by atoms with E-state index >= 15 is 0 Å². The number of nitrogens with one attached hydrogen (secondary N) is 1. The predicted octanol–water partition coefficient (Wildman–Crippen LogP) is 1.91. The summed E-state index contributed by atoms with van der Waals surface area (Å²) in [7, 11) is 1.78. The standard InChI is InChI=1S/C13H22N4O/c1-3-6-14-12-8-13(16-10-15-12)17-7-4-5-11(9-17)18-2/h8,10-11H,3-7,9H2,1-2H3,(H,14,15,16). The van der Waals surface area contributed by atoms with Gasteiger partial charge in [0.15, 0.2) is 0 Å². The van der Waals surface area contributed by atoms with E-state index in [-0.39, 0.29) is 0 Å². The molecule has 1 unspecified atom stereocenters. The van der Waals surface area contributed by atoms with Gasteiger partial charge in [-0.3, -0.25) is 0 Å². The van der Waals surface area contributed by atoms with Gasteiger partial charge in [0.2, 0.25) is 0 Å². The lowest BCUT2D eigenvalue weighted by atomic mass is 10.1. The largest absolute Gasteiger partial charge is 0.380 e. The van der Waals surface area contributed by atoms with Crippen LogP contribution < -0.4 is 10.2 Å². The van der Waals surface area contributed by atoms with E-state index in [1.165, 1.54) is 0 Å². The molecule has 5 nitrogen and oxygen atoms in total. The SMILES string of the molecule is CCCNc1cc(N2CCCC(OC)C2)ncn1. The Balaban J connectivity index is 2.02. The van der Waals surface area contributed by atoms with Crippen LogP contribution >= 0.6 is 0 Å². The highest BCUT2D eigenvalue weighted by Crippen LogP contribution is 2.20. The molecular formula is C13H22N4O. The van der Waals surface area contributed by atoms with Gasteiger partial charge in [-0.25, -0.2) is 9.97 Å². The highest BCUT2D eigenvalue weighted by molar-refractivity contribution is 5.48. The van der Waals surface area contributed by atoms with Gasteiger partial charge in [-0.1, -0.05) is 6.92 Å². The minimum atomic E-state index is 0.320. The average molecular weight is 250 g/mol. The molecule has 100 valence electrons. The van der Waals surface area contributed by atoms with Crippen molar-refractivity contribution in [2.75, 3.05) is 37.0 Å². The fourth-order valence-corrected chi connectivity index (χ4v) is 2.21. The fraction of sp³-hybridized carbons (Fsp3) is 0.692. The molecule has 0 bridgehead atoms. The van der Waals surface area contributed by atoms with Crippen LogP contribution in [0.25, 0.3) is 0 Å². The summed E-state index contributed by atoms with van der Waals surface area (Å²) in [6.07, 6.45) is 5.33. The quantitative estimate of drug-likeness (QED) is 0.865. The van der Waals surface area contributed by atoms with Crippen molar-refractivity contribution >= 4 is 11.6 Å². The van der Waals surface area contributed by atoms with Crippen LogP contribution in [0.5, 0.6) is 0 Å². The molecule has 1 aliphatic heterocycles. The second-order valence-corrected chi connectivity index (χ2v) is 4.63. The normalized spacial score (nSPS) is 19.9. The Kier molecular flexibility index (Phi) is 4.75. The van der Waals surface area contributed by atoms with Crippen LogP contribution in [0.4, 0.5) is 11.6 Å². The van der Waals surface area contributed by atoms with Gasteiger partial charge in [0, 0.05) is 32.8 Å². The van der Waals surface area contributed by atoms with Crippen molar-refractivity contribution in [2.24, 2.45) is 0 Å². The fourth-order valence-electron chi connectivity index (χ4n) is 2.21. The molecule has 2 heterocycles. The van der Waals surface area contributed by atoms with Crippen LogP contribution in [0.2, 0.25) is 0 Å². The van der Waals surface area contributed by atoms with Gasteiger partial charge >= 0.3 is 0 Å². The molecule has 1 aromatic rings. The summed E-state index contributed by atoms with van der Waals surface area (Å²) in [5.41, 5.74) is 0. The molecule has 0 spiro atoms. The first-order valence-corrected chi connectivity index (χ1v) is 6.67. The molecule has 1 saturated heterocycles. The van der Waals surface area contributed by atoms with Gasteiger partial charge in [0.1, 0.15) is 18.0 Å². The smallest absolute Gasteiger partial charge is 0.134 e. The number of hydrogen-bond acceptors (Lipinski definition) is 5. The van der Waals surface area contributed by atoms with E-state index in [0.29, 0.717) is 6.10 Å². The van der Waals surface area contributed by atoms with Crippen molar-refractivity contribution < 1.29 is 4.74 Å². The molecule has 18 heavy (non-hydrogen) atoms. The minimum Gasteiger partial charge on any atom is -0.380 e. The molecule has 0 radical (unpaired) electrons. The van der Waals surface area contributed by atoms with Gasteiger partial charge in [-0.2, -0.15) is 0 Å². The first-order valence-electron chi connectivity index (χ1n) is 6.67.